The van der Waals surface area contributed by atoms with E-state index in [2.05, 4.69) is 22.6 Å². The molecule has 0 radical (unpaired) electrons. The fourth-order valence-electron chi connectivity index (χ4n) is 3.98. The van der Waals surface area contributed by atoms with Gasteiger partial charge in [0.1, 0.15) is 11.8 Å². The number of hydrogen-bond acceptors (Lipinski definition) is 5. The van der Waals surface area contributed by atoms with E-state index in [-0.39, 0.29) is 36.8 Å². The SMILES string of the molecule is COc1ccc(C(=O)N(CC2CCCO2)C2CC(=O)N(c3ccc(I)cc3)C2=O)cc1. The summed E-state index contributed by atoms with van der Waals surface area (Å²) in [5.41, 5.74) is 0.957. The lowest BCUT2D eigenvalue weighted by molar-refractivity contribution is -0.122. The van der Waals surface area contributed by atoms with Crippen LogP contribution in [-0.2, 0) is 14.3 Å². The van der Waals surface area contributed by atoms with Gasteiger partial charge in [0.2, 0.25) is 5.91 Å². The van der Waals surface area contributed by atoms with Crippen molar-refractivity contribution in [3.63, 3.8) is 0 Å². The molecule has 0 N–H and O–H groups in total. The first-order valence-corrected chi connectivity index (χ1v) is 11.2. The number of hydrogen-bond donors (Lipinski definition) is 0. The molecule has 2 unspecified atom stereocenters. The Labute approximate surface area is 194 Å². The molecule has 0 bridgehead atoms. The lowest BCUT2D eigenvalue weighted by Gasteiger charge is -2.30. The van der Waals surface area contributed by atoms with E-state index in [1.165, 1.54) is 9.80 Å². The Kier molecular flexibility index (Phi) is 6.57. The molecule has 2 aromatic rings. The number of anilines is 1. The second-order valence-corrected chi connectivity index (χ2v) is 8.83. The molecule has 2 aliphatic heterocycles. The smallest absolute Gasteiger partial charge is 0.257 e. The average Bonchev–Trinajstić information content (AvgIpc) is 3.40. The molecule has 2 atom stereocenters. The largest absolute Gasteiger partial charge is 0.497 e. The van der Waals surface area contributed by atoms with Gasteiger partial charge in [-0.3, -0.25) is 14.4 Å². The van der Waals surface area contributed by atoms with Crippen LogP contribution in [-0.4, -0.2) is 55.0 Å². The third-order valence-corrected chi connectivity index (χ3v) is 6.33. The van der Waals surface area contributed by atoms with Crippen LogP contribution in [0.15, 0.2) is 48.5 Å². The maximum Gasteiger partial charge on any atom is 0.257 e. The number of rotatable bonds is 6. The van der Waals surface area contributed by atoms with E-state index in [0.29, 0.717) is 23.6 Å². The van der Waals surface area contributed by atoms with E-state index in [1.54, 1.807) is 43.5 Å². The maximum absolute atomic E-state index is 13.4. The Bertz CT molecular complexity index is 970. The molecular weight excluding hydrogens is 511 g/mol. The Morgan fingerprint density at radius 2 is 1.87 bits per heavy atom. The zero-order valence-corrected chi connectivity index (χ0v) is 19.3. The summed E-state index contributed by atoms with van der Waals surface area (Å²) in [4.78, 5) is 42.2. The summed E-state index contributed by atoms with van der Waals surface area (Å²) in [6.45, 7) is 0.913. The van der Waals surface area contributed by atoms with Crippen molar-refractivity contribution in [1.29, 1.82) is 0 Å². The van der Waals surface area contributed by atoms with E-state index in [0.717, 1.165) is 16.4 Å². The Morgan fingerprint density at radius 3 is 2.48 bits per heavy atom. The van der Waals surface area contributed by atoms with Gasteiger partial charge in [-0.15, -0.1) is 0 Å². The Morgan fingerprint density at radius 1 is 1.16 bits per heavy atom. The molecule has 3 amide bonds. The van der Waals surface area contributed by atoms with Gasteiger partial charge in [0.25, 0.3) is 11.8 Å². The molecule has 31 heavy (non-hydrogen) atoms. The monoisotopic (exact) mass is 534 g/mol. The summed E-state index contributed by atoms with van der Waals surface area (Å²) in [5, 5.41) is 0. The first-order valence-electron chi connectivity index (χ1n) is 10.2. The van der Waals surface area contributed by atoms with Crippen LogP contribution in [0.2, 0.25) is 0 Å². The molecule has 162 valence electrons. The Hall–Kier alpha value is -2.46. The van der Waals surface area contributed by atoms with Crippen LogP contribution in [0.4, 0.5) is 5.69 Å². The fourth-order valence-corrected chi connectivity index (χ4v) is 4.34. The van der Waals surface area contributed by atoms with Crippen LogP contribution in [0.1, 0.15) is 29.6 Å². The van der Waals surface area contributed by atoms with Crippen molar-refractivity contribution in [2.45, 2.75) is 31.4 Å². The van der Waals surface area contributed by atoms with E-state index in [9.17, 15) is 14.4 Å². The van der Waals surface area contributed by atoms with E-state index >= 15 is 0 Å². The van der Waals surface area contributed by atoms with Crippen molar-refractivity contribution in [2.24, 2.45) is 0 Å². The number of methoxy groups -OCH3 is 1. The van der Waals surface area contributed by atoms with Crippen molar-refractivity contribution >= 4 is 46.0 Å². The number of halogens is 1. The number of carbonyl (C=O) groups is 3. The minimum absolute atomic E-state index is 0.0422. The van der Waals surface area contributed by atoms with Crippen LogP contribution in [0.3, 0.4) is 0 Å². The summed E-state index contributed by atoms with van der Waals surface area (Å²) >= 11 is 2.17. The van der Waals surface area contributed by atoms with Crippen LogP contribution < -0.4 is 9.64 Å². The van der Waals surface area contributed by atoms with Gasteiger partial charge in [0, 0.05) is 22.3 Å². The predicted octanol–water partition coefficient (Wildman–Crippen LogP) is 3.25. The number of imide groups is 1. The first-order chi connectivity index (χ1) is 15.0. The molecule has 7 nitrogen and oxygen atoms in total. The minimum atomic E-state index is -0.856. The van der Waals surface area contributed by atoms with Crippen molar-refractivity contribution in [1.82, 2.24) is 4.90 Å². The zero-order valence-electron chi connectivity index (χ0n) is 17.1. The van der Waals surface area contributed by atoms with Crippen molar-refractivity contribution in [3.05, 3.63) is 57.7 Å². The number of nitrogens with zero attached hydrogens (tertiary/aromatic N) is 2. The second-order valence-electron chi connectivity index (χ2n) is 7.58. The molecule has 2 aromatic carbocycles. The molecule has 2 saturated heterocycles. The summed E-state index contributed by atoms with van der Waals surface area (Å²) in [7, 11) is 1.56. The van der Waals surface area contributed by atoms with Gasteiger partial charge in [-0.05, 0) is 84.0 Å². The van der Waals surface area contributed by atoms with Crippen LogP contribution in [0.5, 0.6) is 5.75 Å². The quantitative estimate of drug-likeness (QED) is 0.420. The molecule has 0 aliphatic carbocycles. The third kappa shape index (κ3) is 4.59. The molecule has 0 aromatic heterocycles. The van der Waals surface area contributed by atoms with Gasteiger partial charge in [-0.1, -0.05) is 0 Å². The molecule has 2 aliphatic rings. The average molecular weight is 534 g/mol. The number of amides is 3. The van der Waals surface area contributed by atoms with E-state index in [1.807, 2.05) is 12.1 Å². The lowest BCUT2D eigenvalue weighted by Crippen LogP contribution is -2.48. The topological polar surface area (TPSA) is 76.2 Å². The molecule has 2 fully saturated rings. The molecule has 8 heteroatoms. The zero-order chi connectivity index (χ0) is 22.0. The number of ether oxygens (including phenoxy) is 2. The van der Waals surface area contributed by atoms with E-state index in [4.69, 9.17) is 9.47 Å². The lowest BCUT2D eigenvalue weighted by atomic mass is 10.1. The number of benzene rings is 2. The summed E-state index contributed by atoms with van der Waals surface area (Å²) in [6, 6.07) is 13.1. The standard InChI is InChI=1S/C23H23IN2O5/c1-30-18-10-4-15(5-11-18)22(28)25(14-19-3-2-12-31-19)20-13-21(27)26(23(20)29)17-8-6-16(24)7-9-17/h4-11,19-20H,2-3,12-14H2,1H3. The molecule has 4 rings (SSSR count). The number of carbonyl (C=O) groups excluding carboxylic acids is 3. The fraction of sp³-hybridized carbons (Fsp3) is 0.348. The highest BCUT2D eigenvalue weighted by atomic mass is 127. The molecular formula is C23H23IN2O5. The van der Waals surface area contributed by atoms with Crippen LogP contribution >= 0.6 is 22.6 Å². The second kappa shape index (κ2) is 9.35. The molecule has 0 saturated carbocycles. The summed E-state index contributed by atoms with van der Waals surface area (Å²) in [6.07, 6.45) is 1.56. The summed E-state index contributed by atoms with van der Waals surface area (Å²) in [5.74, 6) is -0.352. The van der Waals surface area contributed by atoms with Crippen LogP contribution in [0, 0.1) is 3.57 Å². The molecule has 0 spiro atoms. The first kappa shape index (κ1) is 21.8. The van der Waals surface area contributed by atoms with Gasteiger partial charge in [-0.2, -0.15) is 0 Å². The van der Waals surface area contributed by atoms with Gasteiger partial charge in [0.05, 0.1) is 25.3 Å². The van der Waals surface area contributed by atoms with Gasteiger partial charge in [0.15, 0.2) is 0 Å². The van der Waals surface area contributed by atoms with Gasteiger partial charge < -0.3 is 14.4 Å². The van der Waals surface area contributed by atoms with Gasteiger partial charge in [-0.25, -0.2) is 4.90 Å². The highest BCUT2D eigenvalue weighted by molar-refractivity contribution is 14.1. The Balaban J connectivity index is 1.62. The normalized spacial score (nSPS) is 20.9. The third-order valence-electron chi connectivity index (χ3n) is 5.61. The predicted molar refractivity (Wildman–Crippen MR) is 123 cm³/mol. The van der Waals surface area contributed by atoms with Gasteiger partial charge >= 0.3 is 0 Å². The molecule has 2 heterocycles. The summed E-state index contributed by atoms with van der Waals surface area (Å²) < 4.78 is 11.9. The highest BCUT2D eigenvalue weighted by Gasteiger charge is 2.45. The maximum atomic E-state index is 13.4. The van der Waals surface area contributed by atoms with Crippen molar-refractivity contribution in [3.8, 4) is 5.75 Å². The highest BCUT2D eigenvalue weighted by Crippen LogP contribution is 2.28. The minimum Gasteiger partial charge on any atom is -0.497 e. The van der Waals surface area contributed by atoms with Crippen LogP contribution in [0.25, 0.3) is 0 Å². The van der Waals surface area contributed by atoms with E-state index < -0.39 is 6.04 Å². The van der Waals surface area contributed by atoms with Crippen molar-refractivity contribution in [2.75, 3.05) is 25.2 Å². The van der Waals surface area contributed by atoms with Crippen molar-refractivity contribution < 1.29 is 23.9 Å².